The number of hydrogen-bond donors (Lipinski definition) is 1. The van der Waals surface area contributed by atoms with E-state index in [0.29, 0.717) is 0 Å². The first-order chi connectivity index (χ1) is 10.6. The van der Waals surface area contributed by atoms with Crippen molar-refractivity contribution in [3.8, 4) is 0 Å². The van der Waals surface area contributed by atoms with Crippen molar-refractivity contribution in [2.45, 2.75) is 20.0 Å². The van der Waals surface area contributed by atoms with Gasteiger partial charge in [-0.25, -0.2) is 0 Å². The summed E-state index contributed by atoms with van der Waals surface area (Å²) in [6, 6.07) is 16.6. The number of H-pyrrole nitrogens is 1. The number of hydrogen-bond acceptors (Lipinski definition) is 0. The van der Waals surface area contributed by atoms with Gasteiger partial charge in [-0.3, -0.25) is 0 Å². The second-order valence-corrected chi connectivity index (χ2v) is 8.23. The quantitative estimate of drug-likeness (QED) is 0.269. The minimum absolute atomic E-state index is 0. The van der Waals surface area contributed by atoms with E-state index < -0.39 is 0 Å². The number of benzene rings is 2. The molecule has 0 spiro atoms. The monoisotopic (exact) mass is 461 g/mol. The number of aryl methyl sites for hydroxylation is 1. The Morgan fingerprint density at radius 1 is 0.920 bits per heavy atom. The molecule has 126 valence electrons. The summed E-state index contributed by atoms with van der Waals surface area (Å²) in [6.45, 7) is 6.66. The second-order valence-electron chi connectivity index (χ2n) is 5.69. The van der Waals surface area contributed by atoms with Crippen molar-refractivity contribution in [2.75, 3.05) is 0 Å². The fourth-order valence-electron chi connectivity index (χ4n) is 2.49. The molecule has 1 heterocycles. The summed E-state index contributed by atoms with van der Waals surface area (Å²) >= 11 is 0. The van der Waals surface area contributed by atoms with Gasteiger partial charge in [0.25, 0.3) is 0 Å². The Morgan fingerprint density at radius 2 is 1.56 bits per heavy atom. The average Bonchev–Trinajstić information content (AvgIpc) is 3.12. The number of nitrogens with one attached hydrogen (secondary N) is 1. The van der Waals surface area contributed by atoms with Crippen molar-refractivity contribution in [1.82, 2.24) is 4.98 Å². The number of rotatable bonds is 0. The Bertz CT molecular complexity index is 936. The van der Waals surface area contributed by atoms with Crippen molar-refractivity contribution >= 4 is 36.6 Å². The molecule has 0 fully saturated rings. The molecule has 1 N–H and O–H groups in total. The minimum Gasteiger partial charge on any atom is -1.00 e. The van der Waals surface area contributed by atoms with Crippen LogP contribution in [0.15, 0.2) is 48.5 Å². The van der Waals surface area contributed by atoms with Crippen LogP contribution >= 0.6 is 0 Å². The largest absolute Gasteiger partial charge is 4.00 e. The van der Waals surface area contributed by atoms with E-state index in [2.05, 4.69) is 79.7 Å². The Hall–Kier alpha value is -0.730. The number of fused-ring (bicyclic) bond motifs is 2. The molecule has 25 heavy (non-hydrogen) atoms. The normalized spacial score (nSPS) is 10.6. The predicted molar refractivity (Wildman–Crippen MR) is 97.9 cm³/mol. The Balaban J connectivity index is 0.000000416. The molecular formula is C20H19Cl2NSiZr. The molecular weight excluding hydrogens is 444 g/mol. The van der Waals surface area contributed by atoms with Crippen LogP contribution in [-0.4, -0.2) is 18.6 Å². The molecule has 3 aromatic rings. The van der Waals surface area contributed by atoms with Crippen molar-refractivity contribution < 1.29 is 51.0 Å². The SMILES string of the molecule is C[Si](C)=C1[C-]=c2ccccc2=C1.Cc1[c-][nH]c2ccccc12.[Cl-].[Cl-].[Zr+4]. The van der Waals surface area contributed by atoms with E-state index in [1.165, 1.54) is 32.1 Å². The average molecular weight is 464 g/mol. The van der Waals surface area contributed by atoms with Crippen LogP contribution in [0.1, 0.15) is 5.56 Å². The molecule has 0 aliphatic heterocycles. The van der Waals surface area contributed by atoms with Crippen LogP contribution in [0.4, 0.5) is 0 Å². The second kappa shape index (κ2) is 11.1. The first kappa shape index (κ1) is 24.3. The first-order valence-corrected chi connectivity index (χ1v) is 9.98. The molecule has 2 aromatic carbocycles. The fraction of sp³-hybridized carbons (Fsp3) is 0.150. The predicted octanol–water partition coefficient (Wildman–Crippen LogP) is -3.07. The van der Waals surface area contributed by atoms with Crippen LogP contribution in [0.3, 0.4) is 0 Å². The third-order valence-corrected chi connectivity index (χ3v) is 5.13. The van der Waals surface area contributed by atoms with E-state index in [4.69, 9.17) is 0 Å². The van der Waals surface area contributed by atoms with E-state index in [-0.39, 0.29) is 59.4 Å². The Kier molecular flexibility index (Phi) is 10.8. The van der Waals surface area contributed by atoms with Crippen molar-refractivity contribution in [1.29, 1.82) is 0 Å². The third kappa shape index (κ3) is 5.89. The van der Waals surface area contributed by atoms with Gasteiger partial charge in [0.15, 0.2) is 0 Å². The van der Waals surface area contributed by atoms with Gasteiger partial charge in [-0.2, -0.15) is 22.2 Å². The molecule has 1 nitrogen and oxygen atoms in total. The van der Waals surface area contributed by atoms with Gasteiger partial charge >= 0.3 is 26.2 Å². The molecule has 0 unspecified atom stereocenters. The fourth-order valence-corrected chi connectivity index (χ4v) is 3.32. The summed E-state index contributed by atoms with van der Waals surface area (Å²) in [5.74, 6) is 0. The molecule has 0 amide bonds. The summed E-state index contributed by atoms with van der Waals surface area (Å²) in [6.07, 6.45) is 8.76. The van der Waals surface area contributed by atoms with Crippen LogP contribution in [0.25, 0.3) is 23.1 Å². The molecule has 0 saturated heterocycles. The maximum absolute atomic E-state index is 3.44. The van der Waals surface area contributed by atoms with Crippen LogP contribution in [0, 0.1) is 13.1 Å². The first-order valence-electron chi connectivity index (χ1n) is 7.48. The number of halogens is 2. The van der Waals surface area contributed by atoms with Crippen molar-refractivity contribution in [3.63, 3.8) is 0 Å². The molecule has 1 aromatic heterocycles. The van der Waals surface area contributed by atoms with Gasteiger partial charge in [0.1, 0.15) is 0 Å². The zero-order chi connectivity index (χ0) is 15.5. The standard InChI is InChI=1S/C11H11Si.C9H8N.2ClH.Zr/c1-12(2)11-7-9-5-3-4-6-10(9)8-11;1-7-6-10-9-5-3-2-4-8(7)9;;;/h3-7H,1-2H3;2-5,10H,1H3;2*1H;/q2*-1;;;+4/p-2. The maximum Gasteiger partial charge on any atom is 4.00 e. The minimum atomic E-state index is -0.329. The summed E-state index contributed by atoms with van der Waals surface area (Å²) in [7, 11) is -0.329. The number of aromatic nitrogens is 1. The van der Waals surface area contributed by atoms with Crippen molar-refractivity contribution in [2.24, 2.45) is 0 Å². The van der Waals surface area contributed by atoms with E-state index in [9.17, 15) is 0 Å². The van der Waals surface area contributed by atoms with Crippen LogP contribution in [0.5, 0.6) is 0 Å². The smallest absolute Gasteiger partial charge is 1.00 e. The van der Waals surface area contributed by atoms with Gasteiger partial charge in [0, 0.05) is 0 Å². The summed E-state index contributed by atoms with van der Waals surface area (Å²) in [4.78, 5) is 3.06. The summed E-state index contributed by atoms with van der Waals surface area (Å²) < 4.78 is 0. The Morgan fingerprint density at radius 3 is 2.20 bits per heavy atom. The number of para-hydroxylation sites is 1. The van der Waals surface area contributed by atoms with Crippen LogP contribution in [-0.2, 0) is 26.2 Å². The van der Waals surface area contributed by atoms with Gasteiger partial charge in [0.05, 0.1) is 0 Å². The van der Waals surface area contributed by atoms with E-state index in [1.807, 2.05) is 12.1 Å². The molecule has 0 bridgehead atoms. The molecule has 0 saturated carbocycles. The topological polar surface area (TPSA) is 15.8 Å². The van der Waals surface area contributed by atoms with E-state index in [1.54, 1.807) is 0 Å². The van der Waals surface area contributed by atoms with Gasteiger partial charge in [0.2, 0.25) is 0 Å². The van der Waals surface area contributed by atoms with E-state index in [0.717, 1.165) is 0 Å². The zero-order valence-electron chi connectivity index (χ0n) is 14.5. The van der Waals surface area contributed by atoms with Crippen LogP contribution < -0.4 is 35.3 Å². The van der Waals surface area contributed by atoms with Crippen LogP contribution in [0.2, 0.25) is 13.1 Å². The van der Waals surface area contributed by atoms with E-state index >= 15 is 0 Å². The number of aromatic amines is 1. The Labute approximate surface area is 182 Å². The molecule has 0 radical (unpaired) electrons. The van der Waals surface area contributed by atoms with Gasteiger partial charge < -0.3 is 29.8 Å². The molecule has 5 heteroatoms. The van der Waals surface area contributed by atoms with Gasteiger partial charge in [-0.1, -0.05) is 38.2 Å². The summed E-state index contributed by atoms with van der Waals surface area (Å²) in [5.41, 5.74) is 2.36. The summed E-state index contributed by atoms with van der Waals surface area (Å²) in [5, 5.41) is 5.28. The third-order valence-electron chi connectivity index (χ3n) is 3.78. The zero-order valence-corrected chi connectivity index (χ0v) is 19.4. The molecule has 0 atom stereocenters. The molecule has 4 rings (SSSR count). The van der Waals surface area contributed by atoms with Gasteiger partial charge in [-0.15, -0.1) is 58.5 Å². The maximum atomic E-state index is 3.44. The molecule has 1 aliphatic carbocycles. The molecule has 1 aliphatic rings. The van der Waals surface area contributed by atoms with Gasteiger partial charge in [-0.05, 0) is 8.41 Å². The van der Waals surface area contributed by atoms with Crippen molar-refractivity contribution in [3.05, 3.63) is 70.7 Å².